The molecule has 0 aliphatic carbocycles. The Hall–Kier alpha value is -3.19. The number of benzene rings is 2. The molecule has 2 aliphatic heterocycles. The zero-order valence-electron chi connectivity index (χ0n) is 17.5. The SMILES string of the molecule is Cc1ccc2c(N3CCN(CCc4c(F)ccc5c4OCC(=O)N5)CC3)cccc2n1. The first-order chi connectivity index (χ1) is 15.1. The molecular weight excluding hydrogens is 395 g/mol. The van der Waals surface area contributed by atoms with E-state index in [0.717, 1.165) is 43.9 Å². The number of hydrogen-bond acceptors (Lipinski definition) is 5. The Morgan fingerprint density at radius 3 is 2.77 bits per heavy atom. The lowest BCUT2D eigenvalue weighted by Gasteiger charge is -2.36. The molecule has 0 bridgehead atoms. The minimum atomic E-state index is -0.285. The van der Waals surface area contributed by atoms with Crippen molar-refractivity contribution in [1.82, 2.24) is 9.88 Å². The Morgan fingerprint density at radius 2 is 1.94 bits per heavy atom. The number of aryl methyl sites for hydroxylation is 1. The van der Waals surface area contributed by atoms with Crippen LogP contribution in [-0.2, 0) is 11.2 Å². The number of rotatable bonds is 4. The van der Waals surface area contributed by atoms with Crippen LogP contribution in [0, 0.1) is 12.7 Å². The molecule has 0 unspecified atom stereocenters. The molecule has 0 spiro atoms. The fraction of sp³-hybridized carbons (Fsp3) is 0.333. The summed E-state index contributed by atoms with van der Waals surface area (Å²) in [6, 6.07) is 13.5. The van der Waals surface area contributed by atoms with E-state index in [1.807, 2.05) is 6.92 Å². The predicted octanol–water partition coefficient (Wildman–Crippen LogP) is 3.38. The maximum absolute atomic E-state index is 14.5. The molecule has 5 rings (SSSR count). The van der Waals surface area contributed by atoms with Gasteiger partial charge < -0.3 is 15.0 Å². The number of carbonyl (C=O) groups is 1. The third-order valence-corrected chi connectivity index (χ3v) is 6.06. The molecule has 3 aromatic rings. The van der Waals surface area contributed by atoms with E-state index in [1.165, 1.54) is 17.1 Å². The summed E-state index contributed by atoms with van der Waals surface area (Å²) in [4.78, 5) is 20.9. The van der Waals surface area contributed by atoms with E-state index >= 15 is 0 Å². The number of anilines is 2. The molecule has 3 heterocycles. The van der Waals surface area contributed by atoms with Crippen LogP contribution >= 0.6 is 0 Å². The molecule has 2 aromatic carbocycles. The lowest BCUT2D eigenvalue weighted by Crippen LogP contribution is -2.47. The Morgan fingerprint density at radius 1 is 1.10 bits per heavy atom. The van der Waals surface area contributed by atoms with Crippen LogP contribution in [0.1, 0.15) is 11.3 Å². The molecular formula is C24H25FN4O2. The Bertz CT molecular complexity index is 1140. The second kappa shape index (κ2) is 8.15. The number of piperazine rings is 1. The van der Waals surface area contributed by atoms with Gasteiger partial charge in [0.1, 0.15) is 11.6 Å². The minimum absolute atomic E-state index is 0.0679. The fourth-order valence-corrected chi connectivity index (χ4v) is 4.42. The van der Waals surface area contributed by atoms with E-state index in [1.54, 1.807) is 6.07 Å². The van der Waals surface area contributed by atoms with Gasteiger partial charge in [0.25, 0.3) is 5.91 Å². The fourth-order valence-electron chi connectivity index (χ4n) is 4.42. The molecule has 1 aromatic heterocycles. The maximum Gasteiger partial charge on any atom is 0.262 e. The Balaban J connectivity index is 1.25. The van der Waals surface area contributed by atoms with E-state index in [-0.39, 0.29) is 18.3 Å². The van der Waals surface area contributed by atoms with Gasteiger partial charge in [0.05, 0.1) is 11.2 Å². The van der Waals surface area contributed by atoms with Crippen LogP contribution < -0.4 is 15.0 Å². The van der Waals surface area contributed by atoms with Crippen molar-refractivity contribution in [3.8, 4) is 5.75 Å². The van der Waals surface area contributed by atoms with E-state index < -0.39 is 0 Å². The quantitative estimate of drug-likeness (QED) is 0.701. The highest BCUT2D eigenvalue weighted by Crippen LogP contribution is 2.34. The van der Waals surface area contributed by atoms with Gasteiger partial charge in [-0.3, -0.25) is 14.7 Å². The van der Waals surface area contributed by atoms with Crippen molar-refractivity contribution < 1.29 is 13.9 Å². The monoisotopic (exact) mass is 420 g/mol. The highest BCUT2D eigenvalue weighted by Gasteiger charge is 2.24. The van der Waals surface area contributed by atoms with Gasteiger partial charge in [-0.1, -0.05) is 6.07 Å². The third kappa shape index (κ3) is 3.93. The van der Waals surface area contributed by atoms with E-state index in [0.29, 0.717) is 23.4 Å². The van der Waals surface area contributed by atoms with Gasteiger partial charge in [-0.25, -0.2) is 4.39 Å². The summed E-state index contributed by atoms with van der Waals surface area (Å²) in [7, 11) is 0. The molecule has 2 aliphatic rings. The summed E-state index contributed by atoms with van der Waals surface area (Å²) < 4.78 is 20.0. The summed E-state index contributed by atoms with van der Waals surface area (Å²) in [5, 5.41) is 3.93. The van der Waals surface area contributed by atoms with Crippen molar-refractivity contribution in [2.24, 2.45) is 0 Å². The normalized spacial score (nSPS) is 16.7. The van der Waals surface area contributed by atoms with Crippen molar-refractivity contribution >= 4 is 28.2 Å². The second-order valence-electron chi connectivity index (χ2n) is 8.11. The van der Waals surface area contributed by atoms with Crippen LogP contribution in [-0.4, -0.2) is 55.1 Å². The maximum atomic E-state index is 14.5. The number of carbonyl (C=O) groups excluding carboxylic acids is 1. The largest absolute Gasteiger partial charge is 0.481 e. The van der Waals surface area contributed by atoms with Crippen LogP contribution in [0.5, 0.6) is 5.75 Å². The Kier molecular flexibility index (Phi) is 5.19. The first-order valence-electron chi connectivity index (χ1n) is 10.7. The van der Waals surface area contributed by atoms with E-state index in [2.05, 4.69) is 50.4 Å². The molecule has 0 atom stereocenters. The van der Waals surface area contributed by atoms with Gasteiger partial charge in [0, 0.05) is 55.1 Å². The molecule has 0 saturated carbocycles. The van der Waals surface area contributed by atoms with Crippen molar-refractivity contribution in [2.75, 3.05) is 49.5 Å². The first kappa shape index (κ1) is 19.8. The summed E-state index contributed by atoms with van der Waals surface area (Å²) in [5.41, 5.74) is 4.36. The summed E-state index contributed by atoms with van der Waals surface area (Å²) >= 11 is 0. The number of nitrogens with one attached hydrogen (secondary N) is 1. The van der Waals surface area contributed by atoms with Crippen LogP contribution in [0.3, 0.4) is 0 Å². The number of amides is 1. The number of halogens is 1. The molecule has 7 heteroatoms. The Labute approximate surface area is 180 Å². The van der Waals surface area contributed by atoms with E-state index in [4.69, 9.17) is 4.74 Å². The number of nitrogens with zero attached hydrogens (tertiary/aromatic N) is 3. The van der Waals surface area contributed by atoms with Crippen molar-refractivity contribution in [3.63, 3.8) is 0 Å². The molecule has 1 N–H and O–H groups in total. The van der Waals surface area contributed by atoms with Gasteiger partial charge in [-0.05, 0) is 49.7 Å². The number of hydrogen-bond donors (Lipinski definition) is 1. The molecule has 0 radical (unpaired) electrons. The summed E-state index contributed by atoms with van der Waals surface area (Å²) in [5.74, 6) is -0.0242. The van der Waals surface area contributed by atoms with Crippen molar-refractivity contribution in [3.05, 3.63) is 59.5 Å². The average Bonchev–Trinajstić information content (AvgIpc) is 2.78. The smallest absolute Gasteiger partial charge is 0.262 e. The van der Waals surface area contributed by atoms with Crippen molar-refractivity contribution in [2.45, 2.75) is 13.3 Å². The average molecular weight is 420 g/mol. The molecule has 1 saturated heterocycles. The topological polar surface area (TPSA) is 57.7 Å². The number of aromatic nitrogens is 1. The molecule has 160 valence electrons. The number of ether oxygens (including phenoxy) is 1. The zero-order valence-corrected chi connectivity index (χ0v) is 17.5. The number of fused-ring (bicyclic) bond motifs is 2. The second-order valence-corrected chi connectivity index (χ2v) is 8.11. The van der Waals surface area contributed by atoms with Crippen LogP contribution in [0.4, 0.5) is 15.8 Å². The van der Waals surface area contributed by atoms with Crippen LogP contribution in [0.15, 0.2) is 42.5 Å². The highest BCUT2D eigenvalue weighted by molar-refractivity contribution is 5.95. The predicted molar refractivity (Wildman–Crippen MR) is 119 cm³/mol. The van der Waals surface area contributed by atoms with Gasteiger partial charge in [0.15, 0.2) is 6.61 Å². The summed E-state index contributed by atoms with van der Waals surface area (Å²) in [6.07, 6.45) is 0.544. The van der Waals surface area contributed by atoms with E-state index in [9.17, 15) is 9.18 Å². The molecule has 1 fully saturated rings. The molecule has 1 amide bonds. The third-order valence-electron chi connectivity index (χ3n) is 6.06. The van der Waals surface area contributed by atoms with Gasteiger partial charge in [0.2, 0.25) is 0 Å². The standard InChI is InChI=1S/C24H25FN4O2/c1-16-5-6-18-20(26-16)3-2-4-22(18)29-13-11-28(12-14-29)10-9-17-19(25)7-8-21-24(17)31-15-23(30)27-21/h2-8H,9-15H2,1H3,(H,27,30). The zero-order chi connectivity index (χ0) is 21.4. The lowest BCUT2D eigenvalue weighted by molar-refractivity contribution is -0.118. The van der Waals surface area contributed by atoms with Gasteiger partial charge >= 0.3 is 0 Å². The molecule has 31 heavy (non-hydrogen) atoms. The van der Waals surface area contributed by atoms with Crippen molar-refractivity contribution in [1.29, 1.82) is 0 Å². The van der Waals surface area contributed by atoms with Crippen LogP contribution in [0.2, 0.25) is 0 Å². The lowest BCUT2D eigenvalue weighted by atomic mass is 10.1. The van der Waals surface area contributed by atoms with Gasteiger partial charge in [-0.15, -0.1) is 0 Å². The summed E-state index contributed by atoms with van der Waals surface area (Å²) in [6.45, 7) is 6.32. The van der Waals surface area contributed by atoms with Crippen LogP contribution in [0.25, 0.3) is 10.9 Å². The minimum Gasteiger partial charge on any atom is -0.481 e. The highest BCUT2D eigenvalue weighted by atomic mass is 19.1. The molecule has 6 nitrogen and oxygen atoms in total. The van der Waals surface area contributed by atoms with Gasteiger partial charge in [-0.2, -0.15) is 0 Å². The first-order valence-corrected chi connectivity index (χ1v) is 10.7. The number of pyridine rings is 1.